The van der Waals surface area contributed by atoms with Crippen molar-refractivity contribution in [2.24, 2.45) is 0 Å². The van der Waals surface area contributed by atoms with Gasteiger partial charge in [-0.25, -0.2) is 0 Å². The maximum Gasteiger partial charge on any atom is 0.0561 e. The van der Waals surface area contributed by atoms with E-state index in [1.807, 2.05) is 12.3 Å². The Hall–Kier alpha value is -0.500. The molecule has 0 amide bonds. The van der Waals surface area contributed by atoms with Gasteiger partial charge in [-0.2, -0.15) is 12.6 Å². The molecule has 0 atom stereocenters. The van der Waals surface area contributed by atoms with Crippen LogP contribution in [0.25, 0.3) is 0 Å². The molecule has 1 nitrogen and oxygen atoms in total. The summed E-state index contributed by atoms with van der Waals surface area (Å²) in [7, 11) is 0. The van der Waals surface area contributed by atoms with Crippen molar-refractivity contribution in [1.82, 2.24) is 4.98 Å². The van der Waals surface area contributed by atoms with E-state index in [4.69, 9.17) is 12.6 Å². The molecule has 0 aliphatic heterocycles. The smallest absolute Gasteiger partial charge is 0.0561 e. The molecule has 0 N–H and O–H groups in total. The normalized spacial score (nSPS) is 21.3. The molecule has 0 saturated heterocycles. The zero-order valence-corrected chi connectivity index (χ0v) is 8.63. The van der Waals surface area contributed by atoms with E-state index < -0.39 is 0 Å². The number of hydrogen-bond acceptors (Lipinski definition) is 2. The molecule has 1 aliphatic carbocycles. The molecule has 1 aliphatic rings. The molecule has 1 heterocycles. The minimum absolute atomic E-state index is 0.0551. The Morgan fingerprint density at radius 2 is 1.92 bits per heavy atom. The highest BCUT2D eigenvalue weighted by atomic mass is 32.1. The zero-order chi connectivity index (χ0) is 9.15. The lowest BCUT2D eigenvalue weighted by molar-refractivity contribution is 0.403. The Bertz CT molecular complexity index is 265. The van der Waals surface area contributed by atoms with Crippen LogP contribution in [0.2, 0.25) is 0 Å². The maximum absolute atomic E-state index is 4.78. The van der Waals surface area contributed by atoms with Gasteiger partial charge in [0.1, 0.15) is 0 Å². The first-order valence-corrected chi connectivity index (χ1v) is 5.40. The van der Waals surface area contributed by atoms with Gasteiger partial charge in [-0.05, 0) is 25.0 Å². The Labute approximate surface area is 85.0 Å². The van der Waals surface area contributed by atoms with E-state index >= 15 is 0 Å². The van der Waals surface area contributed by atoms with Crippen molar-refractivity contribution in [1.29, 1.82) is 0 Å². The van der Waals surface area contributed by atoms with Crippen molar-refractivity contribution in [2.75, 3.05) is 0 Å². The molecule has 0 spiro atoms. The van der Waals surface area contributed by atoms with Gasteiger partial charge in [0.15, 0.2) is 0 Å². The molecule has 70 valence electrons. The van der Waals surface area contributed by atoms with Crippen molar-refractivity contribution in [3.8, 4) is 0 Å². The van der Waals surface area contributed by atoms with Crippen LogP contribution >= 0.6 is 12.6 Å². The van der Waals surface area contributed by atoms with Crippen molar-refractivity contribution in [2.45, 2.75) is 36.9 Å². The summed E-state index contributed by atoms with van der Waals surface area (Å²) in [4.78, 5) is 4.40. The monoisotopic (exact) mass is 193 g/mol. The standard InChI is InChI=1S/C11H15NS/c13-11(7-3-1-4-8-11)10-6-2-5-9-12-10/h2,5-6,9,13H,1,3-4,7-8H2. The van der Waals surface area contributed by atoms with E-state index in [0.717, 1.165) is 5.69 Å². The number of pyridine rings is 1. The molecule has 1 aromatic rings. The highest BCUT2D eigenvalue weighted by Gasteiger charge is 2.30. The first-order valence-electron chi connectivity index (χ1n) is 4.95. The van der Waals surface area contributed by atoms with Gasteiger partial charge >= 0.3 is 0 Å². The molecule has 0 aromatic carbocycles. The molecule has 0 unspecified atom stereocenters. The number of aromatic nitrogens is 1. The number of thiol groups is 1. The van der Waals surface area contributed by atoms with Crippen LogP contribution in [0, 0.1) is 0 Å². The minimum Gasteiger partial charge on any atom is -0.260 e. The first-order chi connectivity index (χ1) is 6.31. The number of nitrogens with zero attached hydrogens (tertiary/aromatic N) is 1. The summed E-state index contributed by atoms with van der Waals surface area (Å²) in [5.41, 5.74) is 1.15. The SMILES string of the molecule is SC1(c2ccccn2)CCCCC1. The van der Waals surface area contributed by atoms with Crippen LogP contribution in [0.4, 0.5) is 0 Å². The maximum atomic E-state index is 4.78. The summed E-state index contributed by atoms with van der Waals surface area (Å²) in [5, 5.41) is 0. The van der Waals surface area contributed by atoms with Gasteiger partial charge in [0.2, 0.25) is 0 Å². The number of hydrogen-bond donors (Lipinski definition) is 1. The Balaban J connectivity index is 2.23. The molecule has 1 fully saturated rings. The van der Waals surface area contributed by atoms with E-state index in [9.17, 15) is 0 Å². The van der Waals surface area contributed by atoms with Crippen LogP contribution in [-0.2, 0) is 4.75 Å². The summed E-state index contributed by atoms with van der Waals surface area (Å²) >= 11 is 4.78. The van der Waals surface area contributed by atoms with E-state index in [-0.39, 0.29) is 4.75 Å². The fourth-order valence-corrected chi connectivity index (χ4v) is 2.48. The highest BCUT2D eigenvalue weighted by Crippen LogP contribution is 2.41. The zero-order valence-electron chi connectivity index (χ0n) is 7.74. The van der Waals surface area contributed by atoms with Gasteiger partial charge in [0.05, 0.1) is 10.4 Å². The Kier molecular flexibility index (Phi) is 2.58. The van der Waals surface area contributed by atoms with Crippen LogP contribution in [0.3, 0.4) is 0 Å². The van der Waals surface area contributed by atoms with Gasteiger partial charge in [-0.3, -0.25) is 4.98 Å². The van der Waals surface area contributed by atoms with E-state index in [1.54, 1.807) is 0 Å². The van der Waals surface area contributed by atoms with Gasteiger partial charge in [-0.1, -0.05) is 25.3 Å². The molecule has 1 saturated carbocycles. The molecule has 0 bridgehead atoms. The van der Waals surface area contributed by atoms with Gasteiger partial charge in [0.25, 0.3) is 0 Å². The van der Waals surface area contributed by atoms with Crippen molar-refractivity contribution in [3.63, 3.8) is 0 Å². The minimum atomic E-state index is 0.0551. The van der Waals surface area contributed by atoms with E-state index in [2.05, 4.69) is 17.1 Å². The summed E-state index contributed by atoms with van der Waals surface area (Å²) in [6, 6.07) is 6.11. The highest BCUT2D eigenvalue weighted by molar-refractivity contribution is 7.81. The molecule has 2 heteroatoms. The summed E-state index contributed by atoms with van der Waals surface area (Å²) in [5.74, 6) is 0. The molecular formula is C11H15NS. The summed E-state index contributed by atoms with van der Waals surface area (Å²) in [6.45, 7) is 0. The summed E-state index contributed by atoms with van der Waals surface area (Å²) < 4.78 is 0.0551. The molecule has 2 rings (SSSR count). The van der Waals surface area contributed by atoms with Crippen LogP contribution < -0.4 is 0 Å². The van der Waals surface area contributed by atoms with Crippen LogP contribution in [-0.4, -0.2) is 4.98 Å². The van der Waals surface area contributed by atoms with Crippen molar-refractivity contribution < 1.29 is 0 Å². The fourth-order valence-electron chi connectivity index (χ4n) is 2.03. The van der Waals surface area contributed by atoms with Crippen LogP contribution in [0.1, 0.15) is 37.8 Å². The van der Waals surface area contributed by atoms with Gasteiger partial charge in [0, 0.05) is 6.20 Å². The van der Waals surface area contributed by atoms with E-state index in [1.165, 1.54) is 32.1 Å². The lowest BCUT2D eigenvalue weighted by Gasteiger charge is -2.31. The average molecular weight is 193 g/mol. The molecular weight excluding hydrogens is 178 g/mol. The molecule has 1 aromatic heterocycles. The fraction of sp³-hybridized carbons (Fsp3) is 0.545. The van der Waals surface area contributed by atoms with Crippen LogP contribution in [0.5, 0.6) is 0 Å². The van der Waals surface area contributed by atoms with Gasteiger partial charge in [-0.15, -0.1) is 0 Å². The third-order valence-corrected chi connectivity index (χ3v) is 3.50. The largest absolute Gasteiger partial charge is 0.260 e. The third kappa shape index (κ3) is 1.88. The van der Waals surface area contributed by atoms with Crippen molar-refractivity contribution >= 4 is 12.6 Å². The second kappa shape index (κ2) is 3.70. The Morgan fingerprint density at radius 1 is 1.15 bits per heavy atom. The third-order valence-electron chi connectivity index (χ3n) is 2.82. The predicted molar refractivity (Wildman–Crippen MR) is 58.0 cm³/mol. The Morgan fingerprint density at radius 3 is 2.54 bits per heavy atom. The first kappa shape index (κ1) is 9.07. The second-order valence-corrected chi connectivity index (χ2v) is 4.66. The average Bonchev–Trinajstić information content (AvgIpc) is 2.20. The molecule has 0 radical (unpaired) electrons. The predicted octanol–water partition coefficient (Wildman–Crippen LogP) is 3.17. The van der Waals surface area contributed by atoms with E-state index in [0.29, 0.717) is 0 Å². The quantitative estimate of drug-likeness (QED) is 0.676. The summed E-state index contributed by atoms with van der Waals surface area (Å²) in [6.07, 6.45) is 8.15. The lowest BCUT2D eigenvalue weighted by atomic mass is 9.85. The molecule has 13 heavy (non-hydrogen) atoms. The number of rotatable bonds is 1. The van der Waals surface area contributed by atoms with Crippen molar-refractivity contribution in [3.05, 3.63) is 30.1 Å². The second-order valence-electron chi connectivity index (χ2n) is 3.81. The topological polar surface area (TPSA) is 12.9 Å². The van der Waals surface area contributed by atoms with Crippen LogP contribution in [0.15, 0.2) is 24.4 Å². The van der Waals surface area contributed by atoms with Gasteiger partial charge < -0.3 is 0 Å². The lowest BCUT2D eigenvalue weighted by Crippen LogP contribution is -2.23.